The average Bonchev–Trinajstić information content (AvgIpc) is 2.60. The van der Waals surface area contributed by atoms with Gasteiger partial charge in [0.15, 0.2) is 5.82 Å². The molecule has 0 amide bonds. The number of aromatic carboxylic acids is 1. The molecule has 2 heterocycles. The summed E-state index contributed by atoms with van der Waals surface area (Å²) in [6.07, 6.45) is 2.34. The van der Waals surface area contributed by atoms with Crippen molar-refractivity contribution < 1.29 is 18.8 Å². The van der Waals surface area contributed by atoms with Crippen molar-refractivity contribution >= 4 is 21.9 Å². The van der Waals surface area contributed by atoms with Crippen LogP contribution in [-0.4, -0.2) is 21.2 Å². The van der Waals surface area contributed by atoms with Crippen LogP contribution >= 0.6 is 15.9 Å². The van der Waals surface area contributed by atoms with E-state index in [4.69, 9.17) is 9.63 Å². The average molecular weight is 301 g/mol. The first-order valence-electron chi connectivity index (χ1n) is 4.51. The Balaban J connectivity index is 2.73. The predicted molar refractivity (Wildman–Crippen MR) is 59.1 cm³/mol. The van der Waals surface area contributed by atoms with Gasteiger partial charge < -0.3 is 9.63 Å². The molecule has 88 valence electrons. The standard InChI is InChI=1S/C10H6BrFN2O3/c1-4-7(10(15)16)9(14-17-4)8-5(11)2-13-3-6(8)12/h2-3H,1H3,(H,15,16). The van der Waals surface area contributed by atoms with E-state index in [0.29, 0.717) is 4.47 Å². The van der Waals surface area contributed by atoms with Crippen LogP contribution in [0.3, 0.4) is 0 Å². The lowest BCUT2D eigenvalue weighted by Gasteiger charge is -2.02. The van der Waals surface area contributed by atoms with Gasteiger partial charge >= 0.3 is 5.97 Å². The Bertz CT molecular complexity index is 577. The van der Waals surface area contributed by atoms with E-state index in [-0.39, 0.29) is 22.6 Å². The van der Waals surface area contributed by atoms with E-state index in [2.05, 4.69) is 26.1 Å². The van der Waals surface area contributed by atoms with Gasteiger partial charge in [-0.3, -0.25) is 4.98 Å². The first kappa shape index (κ1) is 11.7. The highest BCUT2D eigenvalue weighted by molar-refractivity contribution is 9.10. The second-order valence-corrected chi connectivity index (χ2v) is 4.10. The van der Waals surface area contributed by atoms with Gasteiger partial charge in [0.1, 0.15) is 17.0 Å². The summed E-state index contributed by atoms with van der Waals surface area (Å²) < 4.78 is 18.7. The van der Waals surface area contributed by atoms with Gasteiger partial charge in [0.25, 0.3) is 0 Å². The van der Waals surface area contributed by atoms with Crippen LogP contribution in [0, 0.1) is 12.7 Å². The molecule has 0 atom stereocenters. The summed E-state index contributed by atoms with van der Waals surface area (Å²) in [5.74, 6) is -1.77. The van der Waals surface area contributed by atoms with Crippen LogP contribution in [0.1, 0.15) is 16.1 Å². The number of pyridine rings is 1. The van der Waals surface area contributed by atoms with Crippen molar-refractivity contribution in [3.63, 3.8) is 0 Å². The Morgan fingerprint density at radius 1 is 1.53 bits per heavy atom. The summed E-state index contributed by atoms with van der Waals surface area (Å²) in [5, 5.41) is 12.6. The number of aryl methyl sites for hydroxylation is 1. The van der Waals surface area contributed by atoms with Crippen LogP contribution in [0.4, 0.5) is 4.39 Å². The number of hydrogen-bond acceptors (Lipinski definition) is 4. The maximum atomic E-state index is 13.6. The fourth-order valence-electron chi connectivity index (χ4n) is 1.43. The summed E-state index contributed by atoms with van der Waals surface area (Å²) in [6.45, 7) is 1.45. The molecule has 0 fully saturated rings. The van der Waals surface area contributed by atoms with E-state index in [9.17, 15) is 9.18 Å². The number of carboxylic acids is 1. The minimum absolute atomic E-state index is 0.0225. The van der Waals surface area contributed by atoms with Crippen LogP contribution in [0.2, 0.25) is 0 Å². The molecular weight excluding hydrogens is 295 g/mol. The molecule has 0 unspecified atom stereocenters. The first-order valence-corrected chi connectivity index (χ1v) is 5.30. The smallest absolute Gasteiger partial charge is 0.341 e. The molecule has 2 aromatic heterocycles. The van der Waals surface area contributed by atoms with Gasteiger partial charge in [-0.2, -0.15) is 0 Å². The van der Waals surface area contributed by atoms with Gasteiger partial charge in [0.05, 0.1) is 11.8 Å². The maximum Gasteiger partial charge on any atom is 0.341 e. The van der Waals surface area contributed by atoms with Crippen molar-refractivity contribution in [2.75, 3.05) is 0 Å². The second kappa shape index (κ2) is 4.25. The summed E-state index contributed by atoms with van der Waals surface area (Å²) in [7, 11) is 0. The molecule has 0 aliphatic carbocycles. The van der Waals surface area contributed by atoms with Crippen molar-refractivity contribution in [1.82, 2.24) is 10.1 Å². The molecule has 0 radical (unpaired) electrons. The van der Waals surface area contributed by atoms with Crippen LogP contribution < -0.4 is 0 Å². The molecule has 0 saturated heterocycles. The highest BCUT2D eigenvalue weighted by atomic mass is 79.9. The van der Waals surface area contributed by atoms with Gasteiger partial charge in [0.2, 0.25) is 0 Å². The van der Waals surface area contributed by atoms with E-state index in [1.807, 2.05) is 0 Å². The molecule has 1 N–H and O–H groups in total. The molecule has 2 rings (SSSR count). The van der Waals surface area contributed by atoms with E-state index in [0.717, 1.165) is 6.20 Å². The molecule has 0 aromatic carbocycles. The van der Waals surface area contributed by atoms with Gasteiger partial charge in [0, 0.05) is 10.7 Å². The second-order valence-electron chi connectivity index (χ2n) is 3.25. The quantitative estimate of drug-likeness (QED) is 0.922. The van der Waals surface area contributed by atoms with Gasteiger partial charge in [-0.15, -0.1) is 0 Å². The number of halogens is 2. The largest absolute Gasteiger partial charge is 0.477 e. The molecule has 7 heteroatoms. The molecule has 17 heavy (non-hydrogen) atoms. The van der Waals surface area contributed by atoms with Crippen molar-refractivity contribution in [3.05, 3.63) is 34.0 Å². The van der Waals surface area contributed by atoms with Gasteiger partial charge in [-0.05, 0) is 22.9 Å². The Kier molecular flexibility index (Phi) is 2.93. The lowest BCUT2D eigenvalue weighted by Crippen LogP contribution is -2.01. The lowest BCUT2D eigenvalue weighted by atomic mass is 10.1. The SMILES string of the molecule is Cc1onc(-c2c(F)cncc2Br)c1C(=O)O. The molecular formula is C10H6BrFN2O3. The fraction of sp³-hybridized carbons (Fsp3) is 0.100. The van der Waals surface area contributed by atoms with Crippen LogP contribution in [-0.2, 0) is 0 Å². The third kappa shape index (κ3) is 1.93. The molecule has 5 nitrogen and oxygen atoms in total. The predicted octanol–water partition coefficient (Wildman–Crippen LogP) is 2.64. The van der Waals surface area contributed by atoms with Crippen molar-refractivity contribution in [3.8, 4) is 11.3 Å². The Hall–Kier alpha value is -1.76. The fourth-order valence-corrected chi connectivity index (χ4v) is 1.93. The lowest BCUT2D eigenvalue weighted by molar-refractivity contribution is 0.0696. The normalized spacial score (nSPS) is 10.5. The molecule has 2 aromatic rings. The van der Waals surface area contributed by atoms with Crippen LogP contribution in [0.5, 0.6) is 0 Å². The molecule has 0 aliphatic heterocycles. The molecule has 0 aliphatic rings. The molecule has 0 spiro atoms. The van der Waals surface area contributed by atoms with Gasteiger partial charge in [-0.25, -0.2) is 9.18 Å². The third-order valence-corrected chi connectivity index (χ3v) is 2.77. The molecule has 0 saturated carbocycles. The number of carbonyl (C=O) groups is 1. The minimum Gasteiger partial charge on any atom is -0.477 e. The number of aromatic nitrogens is 2. The summed E-state index contributed by atoms with van der Waals surface area (Å²) in [5.41, 5.74) is -0.188. The maximum absolute atomic E-state index is 13.6. The van der Waals surface area contributed by atoms with E-state index in [1.165, 1.54) is 13.1 Å². The van der Waals surface area contributed by atoms with Crippen molar-refractivity contribution in [2.24, 2.45) is 0 Å². The zero-order valence-corrected chi connectivity index (χ0v) is 10.2. The number of rotatable bonds is 2. The minimum atomic E-state index is -1.22. The first-order chi connectivity index (χ1) is 8.02. The molecule has 0 bridgehead atoms. The number of hydrogen-bond donors (Lipinski definition) is 1. The topological polar surface area (TPSA) is 76.2 Å². The third-order valence-electron chi connectivity index (χ3n) is 2.17. The Labute approximate surface area is 103 Å². The summed E-state index contributed by atoms with van der Waals surface area (Å²) in [6, 6.07) is 0. The van der Waals surface area contributed by atoms with Crippen LogP contribution in [0.25, 0.3) is 11.3 Å². The van der Waals surface area contributed by atoms with E-state index in [1.54, 1.807) is 0 Å². The highest BCUT2D eigenvalue weighted by Crippen LogP contribution is 2.32. The van der Waals surface area contributed by atoms with Gasteiger partial charge in [-0.1, -0.05) is 5.16 Å². The van der Waals surface area contributed by atoms with E-state index >= 15 is 0 Å². The zero-order chi connectivity index (χ0) is 12.6. The Morgan fingerprint density at radius 3 is 2.82 bits per heavy atom. The number of nitrogens with zero attached hydrogens (tertiary/aromatic N) is 2. The van der Waals surface area contributed by atoms with Crippen molar-refractivity contribution in [1.29, 1.82) is 0 Å². The Morgan fingerprint density at radius 2 is 2.24 bits per heavy atom. The summed E-state index contributed by atoms with van der Waals surface area (Å²) in [4.78, 5) is 14.7. The van der Waals surface area contributed by atoms with Crippen molar-refractivity contribution in [2.45, 2.75) is 6.92 Å². The highest BCUT2D eigenvalue weighted by Gasteiger charge is 2.24. The monoisotopic (exact) mass is 300 g/mol. The number of carboxylic acid groups (broad SMARTS) is 1. The zero-order valence-electron chi connectivity index (χ0n) is 8.57. The summed E-state index contributed by atoms with van der Waals surface area (Å²) >= 11 is 3.10. The van der Waals surface area contributed by atoms with Crippen LogP contribution in [0.15, 0.2) is 21.4 Å². The van der Waals surface area contributed by atoms with E-state index < -0.39 is 11.8 Å².